The minimum absolute atomic E-state index is 0.487. The highest BCUT2D eigenvalue weighted by atomic mass is 35.5. The summed E-state index contributed by atoms with van der Waals surface area (Å²) in [6, 6.07) is 7.07. The lowest BCUT2D eigenvalue weighted by molar-refractivity contribution is 0.316. The Hall–Kier alpha value is -1.20. The van der Waals surface area contributed by atoms with E-state index in [2.05, 4.69) is 0 Å². The molecule has 0 radical (unpaired) electrons. The second-order valence-corrected chi connectivity index (χ2v) is 3.04. The van der Waals surface area contributed by atoms with Gasteiger partial charge in [0.05, 0.1) is 12.2 Å². The monoisotopic (exact) mass is 195 g/mol. The van der Waals surface area contributed by atoms with Crippen molar-refractivity contribution in [2.75, 3.05) is 6.61 Å². The number of hydrogen-bond donors (Lipinski definition) is 0. The van der Waals surface area contributed by atoms with Crippen LogP contribution in [0.2, 0.25) is 5.02 Å². The summed E-state index contributed by atoms with van der Waals surface area (Å²) < 4.78 is 5.35. The summed E-state index contributed by atoms with van der Waals surface area (Å²) in [6.45, 7) is 2.64. The molecule has 1 rings (SSSR count). The third kappa shape index (κ3) is 2.64. The van der Waals surface area contributed by atoms with Gasteiger partial charge in [-0.1, -0.05) is 18.5 Å². The Morgan fingerprint density at radius 2 is 2.31 bits per heavy atom. The fraction of sp³-hybridized carbons (Fsp3) is 0.300. The van der Waals surface area contributed by atoms with Gasteiger partial charge in [0.2, 0.25) is 0 Å². The molecule has 0 spiro atoms. The van der Waals surface area contributed by atoms with Crippen LogP contribution in [0, 0.1) is 11.3 Å². The van der Waals surface area contributed by atoms with Crippen LogP contribution in [0.25, 0.3) is 0 Å². The summed E-state index contributed by atoms with van der Waals surface area (Å²) >= 11 is 5.72. The van der Waals surface area contributed by atoms with Gasteiger partial charge in [-0.05, 0) is 24.6 Å². The van der Waals surface area contributed by atoms with Crippen LogP contribution in [-0.2, 0) is 0 Å². The lowest BCUT2D eigenvalue weighted by Crippen LogP contribution is -1.96. The van der Waals surface area contributed by atoms with Crippen molar-refractivity contribution in [3.8, 4) is 11.8 Å². The fourth-order valence-electron chi connectivity index (χ4n) is 0.927. The van der Waals surface area contributed by atoms with Crippen molar-refractivity contribution in [1.82, 2.24) is 0 Å². The molecule has 0 aromatic heterocycles. The van der Waals surface area contributed by atoms with E-state index in [4.69, 9.17) is 21.6 Å². The maximum Gasteiger partial charge on any atom is 0.137 e. The van der Waals surface area contributed by atoms with E-state index in [0.717, 1.165) is 6.42 Å². The van der Waals surface area contributed by atoms with Gasteiger partial charge < -0.3 is 4.74 Å². The molecule has 0 aliphatic carbocycles. The summed E-state index contributed by atoms with van der Waals surface area (Å²) in [6.07, 6.45) is 0.924. The Kier molecular flexibility index (Phi) is 3.60. The van der Waals surface area contributed by atoms with Crippen molar-refractivity contribution in [3.05, 3.63) is 28.8 Å². The summed E-state index contributed by atoms with van der Waals surface area (Å²) in [5, 5.41) is 9.31. The molecule has 0 bridgehead atoms. The first-order valence-corrected chi connectivity index (χ1v) is 4.48. The normalized spacial score (nSPS) is 9.31. The lowest BCUT2D eigenvalue weighted by atomic mass is 10.2. The predicted octanol–water partition coefficient (Wildman–Crippen LogP) is 3.00. The molecule has 0 atom stereocenters. The van der Waals surface area contributed by atoms with Crippen molar-refractivity contribution < 1.29 is 4.74 Å². The van der Waals surface area contributed by atoms with Crippen LogP contribution in [0.3, 0.4) is 0 Å². The average Bonchev–Trinajstić information content (AvgIpc) is 2.16. The summed E-state index contributed by atoms with van der Waals surface area (Å²) in [5.41, 5.74) is 0.487. The first kappa shape index (κ1) is 9.88. The van der Waals surface area contributed by atoms with E-state index >= 15 is 0 Å². The van der Waals surface area contributed by atoms with Crippen LogP contribution in [0.4, 0.5) is 0 Å². The molecule has 0 N–H and O–H groups in total. The molecule has 1 aromatic rings. The van der Waals surface area contributed by atoms with Crippen molar-refractivity contribution in [2.45, 2.75) is 13.3 Å². The second-order valence-electron chi connectivity index (χ2n) is 2.60. The molecule has 13 heavy (non-hydrogen) atoms. The maximum absolute atomic E-state index is 8.75. The van der Waals surface area contributed by atoms with Gasteiger partial charge in [0.25, 0.3) is 0 Å². The van der Waals surface area contributed by atoms with E-state index in [1.165, 1.54) is 0 Å². The third-order valence-corrected chi connectivity index (χ3v) is 1.76. The maximum atomic E-state index is 8.75. The summed E-state index contributed by atoms with van der Waals surface area (Å²) in [5.74, 6) is 0.605. The van der Waals surface area contributed by atoms with Crippen molar-refractivity contribution in [1.29, 1.82) is 5.26 Å². The highest BCUT2D eigenvalue weighted by molar-refractivity contribution is 6.30. The minimum Gasteiger partial charge on any atom is -0.492 e. The number of nitrogens with zero attached hydrogens (tertiary/aromatic N) is 1. The Balaban J connectivity index is 2.88. The zero-order valence-electron chi connectivity index (χ0n) is 7.38. The smallest absolute Gasteiger partial charge is 0.137 e. The molecule has 0 amide bonds. The first-order valence-electron chi connectivity index (χ1n) is 4.10. The van der Waals surface area contributed by atoms with E-state index in [9.17, 15) is 0 Å². The van der Waals surface area contributed by atoms with Crippen LogP contribution < -0.4 is 4.74 Å². The number of hydrogen-bond acceptors (Lipinski definition) is 2. The van der Waals surface area contributed by atoms with Gasteiger partial charge in [0.15, 0.2) is 0 Å². The Bertz CT molecular complexity index is 330. The molecule has 0 saturated heterocycles. The topological polar surface area (TPSA) is 33.0 Å². The van der Waals surface area contributed by atoms with E-state index in [1.54, 1.807) is 18.2 Å². The Morgan fingerprint density at radius 1 is 1.54 bits per heavy atom. The van der Waals surface area contributed by atoms with Crippen molar-refractivity contribution in [3.63, 3.8) is 0 Å². The minimum atomic E-state index is 0.487. The molecule has 0 fully saturated rings. The van der Waals surface area contributed by atoms with Gasteiger partial charge in [-0.15, -0.1) is 0 Å². The molecule has 1 aromatic carbocycles. The second kappa shape index (κ2) is 4.74. The fourth-order valence-corrected chi connectivity index (χ4v) is 1.10. The van der Waals surface area contributed by atoms with Crippen LogP contribution in [0.1, 0.15) is 18.9 Å². The van der Waals surface area contributed by atoms with Crippen molar-refractivity contribution >= 4 is 11.6 Å². The van der Waals surface area contributed by atoms with Crippen LogP contribution in [0.5, 0.6) is 5.75 Å². The van der Waals surface area contributed by atoms with Gasteiger partial charge >= 0.3 is 0 Å². The standard InChI is InChI=1S/C10H10ClNO/c1-2-5-13-10-4-3-9(11)6-8(10)7-12/h3-4,6H,2,5H2,1H3. The molecule has 0 saturated carbocycles. The molecule has 68 valence electrons. The van der Waals surface area contributed by atoms with Crippen LogP contribution in [0.15, 0.2) is 18.2 Å². The SMILES string of the molecule is CCCOc1ccc(Cl)cc1C#N. The van der Waals surface area contributed by atoms with Crippen LogP contribution >= 0.6 is 11.6 Å². The number of halogens is 1. The molecule has 3 heteroatoms. The predicted molar refractivity (Wildman–Crippen MR) is 52.0 cm³/mol. The quantitative estimate of drug-likeness (QED) is 0.743. The highest BCUT2D eigenvalue weighted by Crippen LogP contribution is 2.21. The zero-order valence-corrected chi connectivity index (χ0v) is 8.14. The van der Waals surface area contributed by atoms with E-state index in [-0.39, 0.29) is 0 Å². The molecule has 0 heterocycles. The van der Waals surface area contributed by atoms with E-state index < -0.39 is 0 Å². The van der Waals surface area contributed by atoms with Gasteiger partial charge in [-0.25, -0.2) is 0 Å². The summed E-state index contributed by atoms with van der Waals surface area (Å²) in [7, 11) is 0. The van der Waals surface area contributed by atoms with Crippen molar-refractivity contribution in [2.24, 2.45) is 0 Å². The average molecular weight is 196 g/mol. The van der Waals surface area contributed by atoms with Gasteiger partial charge in [-0.2, -0.15) is 5.26 Å². The van der Waals surface area contributed by atoms with E-state index in [1.807, 2.05) is 13.0 Å². The molecular formula is C10H10ClNO. The van der Waals surface area contributed by atoms with E-state index in [0.29, 0.717) is 22.9 Å². The Labute approximate surface area is 82.7 Å². The summed E-state index contributed by atoms with van der Waals surface area (Å²) in [4.78, 5) is 0. The third-order valence-electron chi connectivity index (χ3n) is 1.52. The largest absolute Gasteiger partial charge is 0.492 e. The molecular weight excluding hydrogens is 186 g/mol. The zero-order chi connectivity index (χ0) is 9.68. The molecule has 0 aliphatic heterocycles. The Morgan fingerprint density at radius 3 is 2.92 bits per heavy atom. The lowest BCUT2D eigenvalue weighted by Gasteiger charge is -2.05. The highest BCUT2D eigenvalue weighted by Gasteiger charge is 2.02. The first-order chi connectivity index (χ1) is 6.27. The molecule has 0 aliphatic rings. The molecule has 0 unspecified atom stereocenters. The van der Waals surface area contributed by atoms with Gasteiger partial charge in [0, 0.05) is 5.02 Å². The number of ether oxygens (including phenoxy) is 1. The van der Waals surface area contributed by atoms with Gasteiger partial charge in [-0.3, -0.25) is 0 Å². The number of benzene rings is 1. The number of nitriles is 1. The van der Waals surface area contributed by atoms with Gasteiger partial charge in [0.1, 0.15) is 11.8 Å². The molecule has 2 nitrogen and oxygen atoms in total. The number of rotatable bonds is 3. The van der Waals surface area contributed by atoms with Crippen LogP contribution in [-0.4, -0.2) is 6.61 Å².